The van der Waals surface area contributed by atoms with Crippen molar-refractivity contribution in [2.75, 3.05) is 18.4 Å². The van der Waals surface area contributed by atoms with Gasteiger partial charge in [0, 0.05) is 33.8 Å². The number of sulfonamides is 1. The zero-order valence-electron chi connectivity index (χ0n) is 15.5. The van der Waals surface area contributed by atoms with Crippen LogP contribution in [-0.2, 0) is 14.8 Å². The number of rotatable bonds is 8. The molecule has 28 heavy (non-hydrogen) atoms. The van der Waals surface area contributed by atoms with Gasteiger partial charge in [-0.05, 0) is 71.1 Å². The first-order valence-corrected chi connectivity index (χ1v) is 11.2. The van der Waals surface area contributed by atoms with Crippen molar-refractivity contribution in [1.82, 2.24) is 10.0 Å². The summed E-state index contributed by atoms with van der Waals surface area (Å²) < 4.78 is 27.7. The molecule has 0 fully saturated rings. The number of hydrogen-bond acceptors (Lipinski definition) is 4. The third kappa shape index (κ3) is 6.57. The molecule has 0 bridgehead atoms. The summed E-state index contributed by atoms with van der Waals surface area (Å²) in [7, 11) is -3.61. The summed E-state index contributed by atoms with van der Waals surface area (Å²) in [6.07, 6.45) is 0. The van der Waals surface area contributed by atoms with Crippen molar-refractivity contribution in [3.8, 4) is 0 Å². The van der Waals surface area contributed by atoms with E-state index in [1.54, 1.807) is 50.2 Å². The van der Waals surface area contributed by atoms with E-state index in [1.807, 2.05) is 0 Å². The average molecular weight is 515 g/mol. The Labute approximate surface area is 178 Å². The SMILES string of the molecule is CC(C)C(=O)Nc1ccc(C(=O)NCCNS(=O)(=O)c2ccc(I)cc2)cc1. The molecule has 3 N–H and O–H groups in total. The number of hydrogen-bond donors (Lipinski definition) is 3. The fourth-order valence-electron chi connectivity index (χ4n) is 2.15. The molecule has 0 saturated heterocycles. The number of carbonyl (C=O) groups is 2. The minimum atomic E-state index is -3.61. The lowest BCUT2D eigenvalue weighted by atomic mass is 10.1. The minimum absolute atomic E-state index is 0.0720. The molecular formula is C19H22IN3O4S. The summed E-state index contributed by atoms with van der Waals surface area (Å²) in [4.78, 5) is 24.0. The Bertz CT molecular complexity index is 927. The van der Waals surface area contributed by atoms with Crippen LogP contribution in [0, 0.1) is 9.49 Å². The van der Waals surface area contributed by atoms with Gasteiger partial charge in [0.15, 0.2) is 0 Å². The Balaban J connectivity index is 1.82. The predicted molar refractivity (Wildman–Crippen MR) is 117 cm³/mol. The van der Waals surface area contributed by atoms with Gasteiger partial charge in [0.05, 0.1) is 4.90 Å². The minimum Gasteiger partial charge on any atom is -0.351 e. The highest BCUT2D eigenvalue weighted by molar-refractivity contribution is 14.1. The molecule has 0 aliphatic heterocycles. The molecule has 0 radical (unpaired) electrons. The predicted octanol–water partition coefficient (Wildman–Crippen LogP) is 2.59. The van der Waals surface area contributed by atoms with E-state index in [9.17, 15) is 18.0 Å². The average Bonchev–Trinajstić information content (AvgIpc) is 2.66. The maximum Gasteiger partial charge on any atom is 0.251 e. The Morgan fingerprint density at radius 2 is 1.57 bits per heavy atom. The molecule has 7 nitrogen and oxygen atoms in total. The highest BCUT2D eigenvalue weighted by atomic mass is 127. The quantitative estimate of drug-likeness (QED) is 0.372. The molecule has 0 aliphatic carbocycles. The van der Waals surface area contributed by atoms with Gasteiger partial charge in [0.25, 0.3) is 5.91 Å². The van der Waals surface area contributed by atoms with Crippen LogP contribution in [0.3, 0.4) is 0 Å². The van der Waals surface area contributed by atoms with Crippen molar-refractivity contribution in [3.63, 3.8) is 0 Å². The van der Waals surface area contributed by atoms with Crippen LogP contribution in [0.4, 0.5) is 5.69 Å². The number of halogens is 1. The van der Waals surface area contributed by atoms with Crippen molar-refractivity contribution in [2.24, 2.45) is 5.92 Å². The van der Waals surface area contributed by atoms with Gasteiger partial charge in [0.2, 0.25) is 15.9 Å². The van der Waals surface area contributed by atoms with E-state index in [0.717, 1.165) is 3.57 Å². The Morgan fingerprint density at radius 3 is 2.14 bits per heavy atom. The van der Waals surface area contributed by atoms with E-state index in [1.165, 1.54) is 12.1 Å². The van der Waals surface area contributed by atoms with Gasteiger partial charge in [-0.2, -0.15) is 0 Å². The first kappa shape index (κ1) is 22.3. The van der Waals surface area contributed by atoms with E-state index in [-0.39, 0.29) is 35.7 Å². The lowest BCUT2D eigenvalue weighted by Crippen LogP contribution is -2.34. The van der Waals surface area contributed by atoms with Gasteiger partial charge in [0.1, 0.15) is 0 Å². The lowest BCUT2D eigenvalue weighted by molar-refractivity contribution is -0.118. The van der Waals surface area contributed by atoms with Crippen LogP contribution in [0.15, 0.2) is 53.4 Å². The molecule has 0 unspecified atom stereocenters. The molecule has 150 valence electrons. The molecule has 0 atom stereocenters. The van der Waals surface area contributed by atoms with E-state index >= 15 is 0 Å². The number of nitrogens with one attached hydrogen (secondary N) is 3. The lowest BCUT2D eigenvalue weighted by Gasteiger charge is -2.10. The van der Waals surface area contributed by atoms with Gasteiger partial charge in [-0.1, -0.05) is 13.8 Å². The second-order valence-electron chi connectivity index (χ2n) is 6.33. The van der Waals surface area contributed by atoms with Gasteiger partial charge >= 0.3 is 0 Å². The molecule has 9 heteroatoms. The van der Waals surface area contributed by atoms with Crippen LogP contribution in [0.2, 0.25) is 0 Å². The molecule has 0 aromatic heterocycles. The summed E-state index contributed by atoms with van der Waals surface area (Å²) >= 11 is 2.10. The second-order valence-corrected chi connectivity index (χ2v) is 9.34. The molecule has 0 aliphatic rings. The Kier molecular flexibility index (Phi) is 7.96. The van der Waals surface area contributed by atoms with Gasteiger partial charge < -0.3 is 10.6 Å². The highest BCUT2D eigenvalue weighted by Crippen LogP contribution is 2.12. The van der Waals surface area contributed by atoms with E-state index in [2.05, 4.69) is 37.9 Å². The molecular weight excluding hydrogens is 493 g/mol. The van der Waals surface area contributed by atoms with Gasteiger partial charge in [-0.25, -0.2) is 13.1 Å². The van der Waals surface area contributed by atoms with Crippen LogP contribution in [0.1, 0.15) is 24.2 Å². The van der Waals surface area contributed by atoms with E-state index < -0.39 is 10.0 Å². The molecule has 0 spiro atoms. The molecule has 2 aromatic rings. The van der Waals surface area contributed by atoms with Crippen molar-refractivity contribution in [1.29, 1.82) is 0 Å². The van der Waals surface area contributed by atoms with Crippen LogP contribution in [-0.4, -0.2) is 33.3 Å². The zero-order valence-corrected chi connectivity index (χ0v) is 18.5. The molecule has 2 amide bonds. The monoisotopic (exact) mass is 515 g/mol. The van der Waals surface area contributed by atoms with E-state index in [4.69, 9.17) is 0 Å². The molecule has 0 saturated carbocycles. The maximum atomic E-state index is 12.2. The first-order valence-electron chi connectivity index (χ1n) is 8.63. The number of anilines is 1. The van der Waals surface area contributed by atoms with Crippen molar-refractivity contribution in [2.45, 2.75) is 18.7 Å². The molecule has 2 aromatic carbocycles. The van der Waals surface area contributed by atoms with Crippen LogP contribution < -0.4 is 15.4 Å². The van der Waals surface area contributed by atoms with Gasteiger partial charge in [-0.15, -0.1) is 0 Å². The fourth-order valence-corrected chi connectivity index (χ4v) is 3.54. The summed E-state index contributed by atoms with van der Waals surface area (Å²) in [6, 6.07) is 13.0. The van der Waals surface area contributed by atoms with Crippen LogP contribution in [0.5, 0.6) is 0 Å². The largest absolute Gasteiger partial charge is 0.351 e. The summed E-state index contributed by atoms with van der Waals surface area (Å²) in [5.74, 6) is -0.556. The summed E-state index contributed by atoms with van der Waals surface area (Å²) in [6.45, 7) is 3.81. The maximum absolute atomic E-state index is 12.2. The normalized spacial score (nSPS) is 11.3. The third-order valence-electron chi connectivity index (χ3n) is 3.77. The fraction of sp³-hybridized carbons (Fsp3) is 0.263. The molecule has 0 heterocycles. The number of carbonyl (C=O) groups excluding carboxylic acids is 2. The number of amides is 2. The molecule has 2 rings (SSSR count). The van der Waals surface area contributed by atoms with Crippen molar-refractivity contribution < 1.29 is 18.0 Å². The van der Waals surface area contributed by atoms with Crippen molar-refractivity contribution in [3.05, 3.63) is 57.7 Å². The Hall–Kier alpha value is -1.98. The summed E-state index contributed by atoms with van der Waals surface area (Å²) in [5.41, 5.74) is 1.03. The topological polar surface area (TPSA) is 104 Å². The van der Waals surface area contributed by atoms with Crippen molar-refractivity contribution >= 4 is 50.1 Å². The Morgan fingerprint density at radius 1 is 0.964 bits per heavy atom. The standard InChI is InChI=1S/C19H22IN3O4S/c1-13(2)18(24)23-16-7-3-14(4-8-16)19(25)21-11-12-22-28(26,27)17-9-5-15(20)6-10-17/h3-10,13,22H,11-12H2,1-2H3,(H,21,25)(H,23,24). The third-order valence-corrected chi connectivity index (χ3v) is 5.96. The summed E-state index contributed by atoms with van der Waals surface area (Å²) in [5, 5.41) is 5.40. The first-order chi connectivity index (χ1) is 13.2. The zero-order chi connectivity index (χ0) is 20.7. The second kappa shape index (κ2) is 9.99. The number of benzene rings is 2. The smallest absolute Gasteiger partial charge is 0.251 e. The van der Waals surface area contributed by atoms with Gasteiger partial charge in [-0.3, -0.25) is 9.59 Å². The van der Waals surface area contributed by atoms with E-state index in [0.29, 0.717) is 11.3 Å². The van der Waals surface area contributed by atoms with Crippen LogP contribution in [0.25, 0.3) is 0 Å². The van der Waals surface area contributed by atoms with Crippen LogP contribution >= 0.6 is 22.6 Å². The highest BCUT2D eigenvalue weighted by Gasteiger charge is 2.13.